The minimum atomic E-state index is -1.03. The van der Waals surface area contributed by atoms with Crippen molar-refractivity contribution in [2.45, 2.75) is 13.2 Å². The molecule has 0 radical (unpaired) electrons. The predicted molar refractivity (Wildman–Crippen MR) is 108 cm³/mol. The normalized spacial score (nSPS) is 10.3. The van der Waals surface area contributed by atoms with Crippen LogP contribution >= 0.6 is 22.6 Å². The number of carboxylic acid groups (broad SMARTS) is 1. The molecule has 0 fully saturated rings. The Bertz CT molecular complexity index is 879. The van der Waals surface area contributed by atoms with Crippen LogP contribution in [0.1, 0.15) is 21.5 Å². The molecule has 0 aromatic heterocycles. The zero-order chi connectivity index (χ0) is 18.4. The Hall–Kier alpha value is -2.54. The van der Waals surface area contributed by atoms with E-state index >= 15 is 0 Å². The SMILES string of the molecule is O=C(O)c1ccc(OCc2ccccc2)c(I)c1OCc1ccccc1. The van der Waals surface area contributed by atoms with Crippen molar-refractivity contribution in [3.8, 4) is 11.5 Å². The first kappa shape index (κ1) is 18.3. The Morgan fingerprint density at radius 1 is 0.808 bits per heavy atom. The standard InChI is InChI=1S/C21H17IO4/c22-19-18(25-13-15-7-3-1-4-8-15)12-11-17(21(23)24)20(19)26-14-16-9-5-2-6-10-16/h1-12H,13-14H2,(H,23,24). The number of halogens is 1. The molecule has 0 aliphatic heterocycles. The van der Waals surface area contributed by atoms with Gasteiger partial charge in [-0.15, -0.1) is 0 Å². The summed E-state index contributed by atoms with van der Waals surface area (Å²) in [7, 11) is 0. The van der Waals surface area contributed by atoms with Gasteiger partial charge in [0, 0.05) is 0 Å². The van der Waals surface area contributed by atoms with Crippen molar-refractivity contribution in [3.63, 3.8) is 0 Å². The maximum Gasteiger partial charge on any atom is 0.339 e. The van der Waals surface area contributed by atoms with Crippen molar-refractivity contribution in [3.05, 3.63) is 93.1 Å². The number of ether oxygens (including phenoxy) is 2. The first-order chi connectivity index (χ1) is 12.6. The van der Waals surface area contributed by atoms with Crippen molar-refractivity contribution in [1.29, 1.82) is 0 Å². The topological polar surface area (TPSA) is 55.8 Å². The van der Waals surface area contributed by atoms with Crippen LogP contribution in [0.5, 0.6) is 11.5 Å². The quantitative estimate of drug-likeness (QED) is 0.496. The molecule has 0 bridgehead atoms. The Morgan fingerprint density at radius 2 is 1.35 bits per heavy atom. The van der Waals surface area contributed by atoms with Crippen LogP contribution in [-0.2, 0) is 13.2 Å². The van der Waals surface area contributed by atoms with E-state index in [4.69, 9.17) is 9.47 Å². The lowest BCUT2D eigenvalue weighted by Gasteiger charge is -2.15. The van der Waals surface area contributed by atoms with Crippen LogP contribution in [0.15, 0.2) is 72.8 Å². The number of carbonyl (C=O) groups is 1. The van der Waals surface area contributed by atoms with Gasteiger partial charge in [-0.3, -0.25) is 0 Å². The zero-order valence-corrected chi connectivity index (χ0v) is 16.0. The Labute approximate surface area is 165 Å². The van der Waals surface area contributed by atoms with Crippen molar-refractivity contribution < 1.29 is 19.4 Å². The molecule has 3 rings (SSSR count). The van der Waals surface area contributed by atoms with Gasteiger partial charge in [0.1, 0.15) is 24.5 Å². The molecular formula is C21H17IO4. The maximum absolute atomic E-state index is 11.6. The van der Waals surface area contributed by atoms with E-state index in [1.54, 1.807) is 6.07 Å². The summed E-state index contributed by atoms with van der Waals surface area (Å²) in [6.45, 7) is 0.695. The third-order valence-electron chi connectivity index (χ3n) is 3.76. The molecule has 4 nitrogen and oxygen atoms in total. The highest BCUT2D eigenvalue weighted by Crippen LogP contribution is 2.35. The molecule has 0 atom stereocenters. The second kappa shape index (κ2) is 8.71. The number of rotatable bonds is 7. The molecule has 0 heterocycles. The summed E-state index contributed by atoms with van der Waals surface area (Å²) in [5.41, 5.74) is 2.13. The molecule has 0 aliphatic carbocycles. The molecule has 0 amide bonds. The highest BCUT2D eigenvalue weighted by molar-refractivity contribution is 14.1. The number of aromatic carboxylic acids is 1. The van der Waals surface area contributed by atoms with E-state index < -0.39 is 5.97 Å². The van der Waals surface area contributed by atoms with Gasteiger partial charge in [-0.1, -0.05) is 60.7 Å². The molecule has 132 valence electrons. The zero-order valence-electron chi connectivity index (χ0n) is 13.9. The fraction of sp³-hybridized carbons (Fsp3) is 0.0952. The third-order valence-corrected chi connectivity index (χ3v) is 4.78. The first-order valence-corrected chi connectivity index (χ1v) is 9.12. The van der Waals surface area contributed by atoms with Gasteiger partial charge in [-0.05, 0) is 45.9 Å². The van der Waals surface area contributed by atoms with Crippen LogP contribution in [0.2, 0.25) is 0 Å². The van der Waals surface area contributed by atoms with E-state index in [1.165, 1.54) is 6.07 Å². The Balaban J connectivity index is 1.82. The number of hydrogen-bond donors (Lipinski definition) is 1. The van der Waals surface area contributed by atoms with Crippen LogP contribution in [0.3, 0.4) is 0 Å². The van der Waals surface area contributed by atoms with Crippen LogP contribution in [0.25, 0.3) is 0 Å². The summed E-state index contributed by atoms with van der Waals surface area (Å²) in [6, 6.07) is 22.6. The summed E-state index contributed by atoms with van der Waals surface area (Å²) in [6.07, 6.45) is 0. The summed E-state index contributed by atoms with van der Waals surface area (Å²) in [4.78, 5) is 11.6. The van der Waals surface area contributed by atoms with Crippen molar-refractivity contribution >= 4 is 28.6 Å². The smallest absolute Gasteiger partial charge is 0.339 e. The highest BCUT2D eigenvalue weighted by Gasteiger charge is 2.19. The van der Waals surface area contributed by atoms with Gasteiger partial charge < -0.3 is 14.6 Å². The van der Waals surface area contributed by atoms with Crippen molar-refractivity contribution in [1.82, 2.24) is 0 Å². The van der Waals surface area contributed by atoms with Crippen LogP contribution in [-0.4, -0.2) is 11.1 Å². The molecule has 1 N–H and O–H groups in total. The minimum Gasteiger partial charge on any atom is -0.488 e. The van der Waals surface area contributed by atoms with E-state index in [1.807, 2.05) is 60.7 Å². The summed E-state index contributed by atoms with van der Waals surface area (Å²) in [5.74, 6) is -0.101. The number of hydrogen-bond acceptors (Lipinski definition) is 3. The molecule has 5 heteroatoms. The average Bonchev–Trinajstić information content (AvgIpc) is 2.67. The second-order valence-corrected chi connectivity index (χ2v) is 6.69. The lowest BCUT2D eigenvalue weighted by atomic mass is 10.2. The van der Waals surface area contributed by atoms with Gasteiger partial charge >= 0.3 is 5.97 Å². The maximum atomic E-state index is 11.6. The third kappa shape index (κ3) is 4.54. The fourth-order valence-electron chi connectivity index (χ4n) is 2.42. The summed E-state index contributed by atoms with van der Waals surface area (Å²) in [5, 5.41) is 9.46. The van der Waals surface area contributed by atoms with E-state index in [0.29, 0.717) is 28.3 Å². The lowest BCUT2D eigenvalue weighted by molar-refractivity contribution is 0.0691. The van der Waals surface area contributed by atoms with Gasteiger partial charge in [-0.2, -0.15) is 0 Å². The Kier molecular flexibility index (Phi) is 6.12. The van der Waals surface area contributed by atoms with Crippen LogP contribution in [0.4, 0.5) is 0 Å². The van der Waals surface area contributed by atoms with Gasteiger partial charge in [-0.25, -0.2) is 4.79 Å². The fourth-order valence-corrected chi connectivity index (χ4v) is 3.21. The molecule has 26 heavy (non-hydrogen) atoms. The minimum absolute atomic E-state index is 0.123. The predicted octanol–water partition coefficient (Wildman–Crippen LogP) is 5.15. The highest BCUT2D eigenvalue weighted by atomic mass is 127. The van der Waals surface area contributed by atoms with Crippen LogP contribution < -0.4 is 9.47 Å². The lowest BCUT2D eigenvalue weighted by Crippen LogP contribution is -2.07. The largest absolute Gasteiger partial charge is 0.488 e. The van der Waals surface area contributed by atoms with E-state index in [-0.39, 0.29) is 5.56 Å². The molecule has 0 saturated carbocycles. The monoisotopic (exact) mass is 460 g/mol. The molecular weight excluding hydrogens is 443 g/mol. The average molecular weight is 460 g/mol. The Morgan fingerprint density at radius 3 is 1.88 bits per heavy atom. The van der Waals surface area contributed by atoms with E-state index in [0.717, 1.165) is 11.1 Å². The molecule has 3 aromatic carbocycles. The van der Waals surface area contributed by atoms with Crippen LogP contribution in [0, 0.1) is 3.57 Å². The second-order valence-electron chi connectivity index (χ2n) is 5.61. The molecule has 0 unspecified atom stereocenters. The van der Waals surface area contributed by atoms with Crippen molar-refractivity contribution in [2.24, 2.45) is 0 Å². The number of carboxylic acids is 1. The van der Waals surface area contributed by atoms with Gasteiger partial charge in [0.2, 0.25) is 0 Å². The van der Waals surface area contributed by atoms with E-state index in [2.05, 4.69) is 22.6 Å². The van der Waals surface area contributed by atoms with E-state index in [9.17, 15) is 9.90 Å². The first-order valence-electron chi connectivity index (χ1n) is 8.04. The summed E-state index contributed by atoms with van der Waals surface area (Å²) < 4.78 is 12.4. The number of benzene rings is 3. The van der Waals surface area contributed by atoms with Gasteiger partial charge in [0.05, 0.1) is 3.57 Å². The van der Waals surface area contributed by atoms with Gasteiger partial charge in [0.15, 0.2) is 5.75 Å². The molecule has 0 saturated heterocycles. The van der Waals surface area contributed by atoms with Crippen molar-refractivity contribution in [2.75, 3.05) is 0 Å². The molecule has 0 spiro atoms. The van der Waals surface area contributed by atoms with Gasteiger partial charge in [0.25, 0.3) is 0 Å². The molecule has 0 aliphatic rings. The molecule has 3 aromatic rings. The summed E-state index contributed by atoms with van der Waals surface area (Å²) >= 11 is 2.07.